The Hall–Kier alpha value is -2.11. The number of rotatable bonds is 4. The SMILES string of the molecule is CNc1ncc(C=CCNC(=O)OC(C)(C)C)cn1. The van der Waals surface area contributed by atoms with Crippen molar-refractivity contribution in [2.24, 2.45) is 0 Å². The van der Waals surface area contributed by atoms with Crippen LogP contribution in [0.1, 0.15) is 26.3 Å². The first-order valence-corrected chi connectivity index (χ1v) is 6.04. The van der Waals surface area contributed by atoms with Gasteiger partial charge < -0.3 is 15.4 Å². The van der Waals surface area contributed by atoms with E-state index in [1.807, 2.05) is 32.9 Å². The van der Waals surface area contributed by atoms with Gasteiger partial charge in [0.25, 0.3) is 0 Å². The summed E-state index contributed by atoms with van der Waals surface area (Å²) in [7, 11) is 1.76. The first-order valence-electron chi connectivity index (χ1n) is 6.04. The lowest BCUT2D eigenvalue weighted by Crippen LogP contribution is -2.32. The summed E-state index contributed by atoms with van der Waals surface area (Å²) in [6.45, 7) is 5.86. The second-order valence-corrected chi connectivity index (χ2v) is 4.88. The Morgan fingerprint density at radius 3 is 2.53 bits per heavy atom. The fraction of sp³-hybridized carbons (Fsp3) is 0.462. The molecule has 0 saturated carbocycles. The van der Waals surface area contributed by atoms with Crippen LogP contribution in [-0.2, 0) is 4.74 Å². The molecule has 0 saturated heterocycles. The summed E-state index contributed by atoms with van der Waals surface area (Å²) in [6, 6.07) is 0. The van der Waals surface area contributed by atoms with Crippen molar-refractivity contribution in [2.45, 2.75) is 26.4 Å². The summed E-state index contributed by atoms with van der Waals surface area (Å²) in [5.41, 5.74) is 0.384. The van der Waals surface area contributed by atoms with E-state index in [1.165, 1.54) is 0 Å². The van der Waals surface area contributed by atoms with Crippen molar-refractivity contribution in [3.8, 4) is 0 Å². The van der Waals surface area contributed by atoms with Crippen LogP contribution in [0, 0.1) is 0 Å². The number of nitrogens with one attached hydrogen (secondary N) is 2. The number of carbonyl (C=O) groups is 1. The zero-order valence-corrected chi connectivity index (χ0v) is 11.7. The third kappa shape index (κ3) is 6.40. The van der Waals surface area contributed by atoms with Crippen LogP contribution in [0.2, 0.25) is 0 Å². The number of nitrogens with zero attached hydrogens (tertiary/aromatic N) is 2. The number of anilines is 1. The average Bonchev–Trinajstić information content (AvgIpc) is 2.33. The highest BCUT2D eigenvalue weighted by molar-refractivity contribution is 5.68. The molecule has 6 heteroatoms. The summed E-state index contributed by atoms with van der Waals surface area (Å²) in [5.74, 6) is 0.573. The number of amides is 1. The van der Waals surface area contributed by atoms with Gasteiger partial charge in [0.15, 0.2) is 0 Å². The third-order valence-electron chi connectivity index (χ3n) is 1.97. The van der Waals surface area contributed by atoms with Crippen molar-refractivity contribution in [3.63, 3.8) is 0 Å². The second kappa shape index (κ2) is 6.72. The summed E-state index contributed by atoms with van der Waals surface area (Å²) >= 11 is 0. The van der Waals surface area contributed by atoms with Crippen LogP contribution in [0.5, 0.6) is 0 Å². The normalized spacial score (nSPS) is 11.4. The van der Waals surface area contributed by atoms with Gasteiger partial charge in [-0.3, -0.25) is 0 Å². The van der Waals surface area contributed by atoms with Crippen molar-refractivity contribution in [2.75, 3.05) is 18.9 Å². The standard InChI is InChI=1S/C13H20N4O2/c1-13(2,3)19-12(18)15-7-5-6-10-8-16-11(14-4)17-9-10/h5-6,8-9H,7H2,1-4H3,(H,15,18)(H,14,16,17). The van der Waals surface area contributed by atoms with Crippen molar-refractivity contribution in [1.82, 2.24) is 15.3 Å². The molecular formula is C13H20N4O2. The molecule has 0 aliphatic carbocycles. The smallest absolute Gasteiger partial charge is 0.407 e. The molecule has 0 unspecified atom stereocenters. The van der Waals surface area contributed by atoms with Crippen LogP contribution in [0.25, 0.3) is 6.08 Å². The molecule has 1 aromatic heterocycles. The lowest BCUT2D eigenvalue weighted by molar-refractivity contribution is 0.0534. The number of carbonyl (C=O) groups excluding carboxylic acids is 1. The molecule has 1 amide bonds. The Labute approximate surface area is 113 Å². The van der Waals surface area contributed by atoms with Gasteiger partial charge >= 0.3 is 6.09 Å². The Kier molecular flexibility index (Phi) is 5.29. The zero-order chi connectivity index (χ0) is 14.3. The maximum atomic E-state index is 11.4. The highest BCUT2D eigenvalue weighted by Crippen LogP contribution is 2.06. The van der Waals surface area contributed by atoms with Crippen LogP contribution in [0.15, 0.2) is 18.5 Å². The van der Waals surface area contributed by atoms with Gasteiger partial charge in [0.2, 0.25) is 5.95 Å². The van der Waals surface area contributed by atoms with Crippen LogP contribution in [0.3, 0.4) is 0 Å². The number of hydrogen-bond acceptors (Lipinski definition) is 5. The number of alkyl carbamates (subject to hydrolysis) is 1. The van der Waals surface area contributed by atoms with Gasteiger partial charge in [0, 0.05) is 31.5 Å². The van der Waals surface area contributed by atoms with E-state index in [4.69, 9.17) is 4.74 Å². The lowest BCUT2D eigenvalue weighted by atomic mass is 10.2. The highest BCUT2D eigenvalue weighted by Gasteiger charge is 2.14. The Bertz CT molecular complexity index is 435. The van der Waals surface area contributed by atoms with Gasteiger partial charge in [0.05, 0.1) is 0 Å². The molecule has 0 spiro atoms. The van der Waals surface area contributed by atoms with Gasteiger partial charge in [-0.25, -0.2) is 14.8 Å². The van der Waals surface area contributed by atoms with E-state index in [-0.39, 0.29) is 0 Å². The van der Waals surface area contributed by atoms with E-state index >= 15 is 0 Å². The van der Waals surface area contributed by atoms with Gasteiger partial charge in [0.1, 0.15) is 5.60 Å². The van der Waals surface area contributed by atoms with Gasteiger partial charge in [-0.2, -0.15) is 0 Å². The molecule has 0 aromatic carbocycles. The number of aromatic nitrogens is 2. The molecule has 1 heterocycles. The van der Waals surface area contributed by atoms with Crippen LogP contribution < -0.4 is 10.6 Å². The summed E-state index contributed by atoms with van der Waals surface area (Å²) < 4.78 is 5.10. The Morgan fingerprint density at radius 2 is 2.00 bits per heavy atom. The molecule has 0 radical (unpaired) electrons. The van der Waals surface area contributed by atoms with E-state index < -0.39 is 11.7 Å². The minimum atomic E-state index is -0.482. The molecule has 1 aromatic rings. The quantitative estimate of drug-likeness (QED) is 0.870. The van der Waals surface area contributed by atoms with Gasteiger partial charge in [-0.1, -0.05) is 12.2 Å². The largest absolute Gasteiger partial charge is 0.444 e. The molecule has 0 atom stereocenters. The minimum Gasteiger partial charge on any atom is -0.444 e. The summed E-state index contributed by atoms with van der Waals surface area (Å²) in [5, 5.41) is 5.47. The molecule has 19 heavy (non-hydrogen) atoms. The van der Waals surface area contributed by atoms with Gasteiger partial charge in [-0.15, -0.1) is 0 Å². The Balaban J connectivity index is 2.35. The van der Waals surface area contributed by atoms with Crippen LogP contribution in [-0.4, -0.2) is 35.3 Å². The van der Waals surface area contributed by atoms with Gasteiger partial charge in [-0.05, 0) is 20.8 Å². The van der Waals surface area contributed by atoms with Crippen molar-refractivity contribution in [1.29, 1.82) is 0 Å². The van der Waals surface area contributed by atoms with E-state index in [2.05, 4.69) is 20.6 Å². The molecule has 0 fully saturated rings. The average molecular weight is 264 g/mol. The van der Waals surface area contributed by atoms with E-state index in [9.17, 15) is 4.79 Å². The molecule has 1 rings (SSSR count). The topological polar surface area (TPSA) is 76.1 Å². The van der Waals surface area contributed by atoms with E-state index in [0.29, 0.717) is 12.5 Å². The zero-order valence-electron chi connectivity index (χ0n) is 11.7. The predicted octanol–water partition coefficient (Wildman–Crippen LogP) is 2.06. The summed E-state index contributed by atoms with van der Waals surface area (Å²) in [6.07, 6.45) is 6.60. The first-order chi connectivity index (χ1) is 8.90. The fourth-order valence-electron chi connectivity index (χ4n) is 1.20. The van der Waals surface area contributed by atoms with E-state index in [0.717, 1.165) is 5.56 Å². The molecular weight excluding hydrogens is 244 g/mol. The second-order valence-electron chi connectivity index (χ2n) is 4.88. The fourth-order valence-corrected chi connectivity index (χ4v) is 1.20. The Morgan fingerprint density at radius 1 is 1.37 bits per heavy atom. The van der Waals surface area contributed by atoms with Crippen LogP contribution >= 0.6 is 0 Å². The van der Waals surface area contributed by atoms with Crippen molar-refractivity contribution in [3.05, 3.63) is 24.0 Å². The number of hydrogen-bond donors (Lipinski definition) is 2. The molecule has 2 N–H and O–H groups in total. The van der Waals surface area contributed by atoms with Crippen molar-refractivity contribution >= 4 is 18.1 Å². The molecule has 104 valence electrons. The van der Waals surface area contributed by atoms with Crippen molar-refractivity contribution < 1.29 is 9.53 Å². The maximum Gasteiger partial charge on any atom is 0.407 e. The highest BCUT2D eigenvalue weighted by atomic mass is 16.6. The predicted molar refractivity (Wildman–Crippen MR) is 74.8 cm³/mol. The maximum absolute atomic E-state index is 11.4. The van der Waals surface area contributed by atoms with Crippen LogP contribution in [0.4, 0.5) is 10.7 Å². The lowest BCUT2D eigenvalue weighted by Gasteiger charge is -2.19. The molecule has 0 aliphatic rings. The number of ether oxygens (including phenoxy) is 1. The molecule has 6 nitrogen and oxygen atoms in total. The van der Waals surface area contributed by atoms with E-state index in [1.54, 1.807) is 19.4 Å². The summed E-state index contributed by atoms with van der Waals surface area (Å²) in [4.78, 5) is 19.5. The monoisotopic (exact) mass is 264 g/mol. The molecule has 0 aliphatic heterocycles. The first kappa shape index (κ1) is 14.9. The third-order valence-corrected chi connectivity index (χ3v) is 1.97. The minimum absolute atomic E-state index is 0.392. The molecule has 0 bridgehead atoms.